The molecule has 27 heavy (non-hydrogen) atoms. The van der Waals surface area contributed by atoms with Crippen LogP contribution in [0.2, 0.25) is 0 Å². The topological polar surface area (TPSA) is 71.1 Å². The lowest BCUT2D eigenvalue weighted by molar-refractivity contribution is 0.598. The minimum absolute atomic E-state index is 0.00570. The smallest absolute Gasteiger partial charge is 0.263 e. The minimum Gasteiger partial charge on any atom is -0.383 e. The van der Waals surface area contributed by atoms with Crippen LogP contribution in [0.3, 0.4) is 0 Å². The second kappa shape index (κ2) is 8.52. The molecule has 144 valence electrons. The number of aromatic nitrogens is 1. The maximum atomic E-state index is 13.3. The Balaban J connectivity index is 1.58. The molecule has 0 bridgehead atoms. The molecule has 0 atom stereocenters. The van der Waals surface area contributed by atoms with Crippen molar-refractivity contribution in [3.63, 3.8) is 0 Å². The molecule has 1 heterocycles. The van der Waals surface area contributed by atoms with Gasteiger partial charge in [0.05, 0.1) is 16.8 Å². The molecule has 7 heteroatoms. The molecule has 1 aliphatic rings. The Hall–Kier alpha value is -2.41. The number of nitrogens with one attached hydrogen (secondary N) is 2. The van der Waals surface area contributed by atoms with E-state index in [9.17, 15) is 12.8 Å². The zero-order chi connectivity index (χ0) is 19.3. The highest BCUT2D eigenvalue weighted by molar-refractivity contribution is 7.92. The van der Waals surface area contributed by atoms with Gasteiger partial charge in [-0.05, 0) is 74.9 Å². The number of allylic oxidation sites excluding steroid dienone is 1. The first-order valence-corrected chi connectivity index (χ1v) is 10.6. The van der Waals surface area contributed by atoms with E-state index in [1.54, 1.807) is 18.3 Å². The lowest BCUT2D eigenvalue weighted by Gasteiger charge is -2.13. The van der Waals surface area contributed by atoms with E-state index in [2.05, 4.69) is 21.1 Å². The molecular formula is C20H24FN3O2S. The maximum absolute atomic E-state index is 13.3. The highest BCUT2D eigenvalue weighted by Crippen LogP contribution is 2.21. The molecule has 0 fully saturated rings. The molecule has 1 aromatic heterocycles. The number of halogens is 1. The van der Waals surface area contributed by atoms with Crippen LogP contribution < -0.4 is 10.0 Å². The van der Waals surface area contributed by atoms with Gasteiger partial charge in [0, 0.05) is 6.54 Å². The Kier molecular flexibility index (Phi) is 6.11. The molecule has 2 N–H and O–H groups in total. The lowest BCUT2D eigenvalue weighted by Crippen LogP contribution is -2.14. The van der Waals surface area contributed by atoms with Crippen LogP contribution >= 0.6 is 0 Å². The molecule has 3 rings (SSSR count). The summed E-state index contributed by atoms with van der Waals surface area (Å²) in [4.78, 5) is 4.16. The second-order valence-electron chi connectivity index (χ2n) is 6.73. The van der Waals surface area contributed by atoms with E-state index in [1.165, 1.54) is 50.3 Å². The van der Waals surface area contributed by atoms with Crippen LogP contribution in [0.5, 0.6) is 0 Å². The molecule has 0 spiro atoms. The van der Waals surface area contributed by atoms with Crippen molar-refractivity contribution in [1.29, 1.82) is 0 Å². The van der Waals surface area contributed by atoms with Crippen molar-refractivity contribution in [1.82, 2.24) is 4.98 Å². The number of hydrogen-bond donors (Lipinski definition) is 2. The van der Waals surface area contributed by atoms with Crippen LogP contribution in [0, 0.1) is 12.7 Å². The zero-order valence-electron chi connectivity index (χ0n) is 15.3. The Morgan fingerprint density at radius 3 is 2.70 bits per heavy atom. The van der Waals surface area contributed by atoms with Crippen LogP contribution in [0.1, 0.15) is 37.7 Å². The van der Waals surface area contributed by atoms with Crippen molar-refractivity contribution < 1.29 is 12.8 Å². The average Bonchev–Trinajstić information content (AvgIpc) is 2.66. The van der Waals surface area contributed by atoms with E-state index < -0.39 is 15.8 Å². The molecular weight excluding hydrogens is 365 g/mol. The summed E-state index contributed by atoms with van der Waals surface area (Å²) in [6.07, 6.45) is 9.87. The third-order valence-electron chi connectivity index (χ3n) is 4.60. The Morgan fingerprint density at radius 1 is 1.19 bits per heavy atom. The van der Waals surface area contributed by atoms with Crippen LogP contribution in [0.15, 0.2) is 53.1 Å². The average molecular weight is 389 g/mol. The fourth-order valence-corrected chi connectivity index (χ4v) is 4.13. The first-order valence-electron chi connectivity index (χ1n) is 9.11. The zero-order valence-corrected chi connectivity index (χ0v) is 16.2. The molecule has 1 aliphatic carbocycles. The second-order valence-corrected chi connectivity index (χ2v) is 8.42. The normalized spacial score (nSPS) is 14.5. The fraction of sp³-hybridized carbons (Fsp3) is 0.350. The van der Waals surface area contributed by atoms with Gasteiger partial charge >= 0.3 is 0 Å². The van der Waals surface area contributed by atoms with Crippen molar-refractivity contribution >= 4 is 21.5 Å². The van der Waals surface area contributed by atoms with Gasteiger partial charge in [-0.15, -0.1) is 0 Å². The van der Waals surface area contributed by atoms with E-state index in [0.29, 0.717) is 0 Å². The molecule has 1 aromatic carbocycles. The predicted octanol–water partition coefficient (Wildman–Crippen LogP) is 4.63. The van der Waals surface area contributed by atoms with Crippen molar-refractivity contribution in [3.05, 3.63) is 59.6 Å². The van der Waals surface area contributed by atoms with E-state index in [0.717, 1.165) is 24.7 Å². The van der Waals surface area contributed by atoms with E-state index in [-0.39, 0.29) is 16.3 Å². The highest BCUT2D eigenvalue weighted by Gasteiger charge is 2.16. The molecule has 0 saturated heterocycles. The van der Waals surface area contributed by atoms with Crippen molar-refractivity contribution in [3.8, 4) is 0 Å². The standard InChI is InChI=1S/C20H24FN3O2S/c1-15-13-18(8-9-19(15)21)27(25,26)24-20-10-7-17(14-23-20)22-12-11-16-5-3-2-4-6-16/h5,7-10,13-14,22H,2-4,6,11-12H2,1H3,(H,23,24). The van der Waals surface area contributed by atoms with Crippen molar-refractivity contribution in [2.45, 2.75) is 43.9 Å². The summed E-state index contributed by atoms with van der Waals surface area (Å²) < 4.78 is 40.6. The summed E-state index contributed by atoms with van der Waals surface area (Å²) in [5.41, 5.74) is 2.62. The number of anilines is 2. The van der Waals surface area contributed by atoms with Crippen molar-refractivity contribution in [2.24, 2.45) is 0 Å². The number of rotatable bonds is 7. The maximum Gasteiger partial charge on any atom is 0.263 e. The first kappa shape index (κ1) is 19.4. The van der Waals surface area contributed by atoms with Crippen LogP contribution in [-0.2, 0) is 10.0 Å². The van der Waals surface area contributed by atoms with E-state index >= 15 is 0 Å². The third kappa shape index (κ3) is 5.29. The van der Waals surface area contributed by atoms with Crippen LogP contribution in [0.4, 0.5) is 15.9 Å². The number of aryl methyl sites for hydroxylation is 1. The van der Waals surface area contributed by atoms with Crippen LogP contribution in [-0.4, -0.2) is 19.9 Å². The van der Waals surface area contributed by atoms with Crippen molar-refractivity contribution in [2.75, 3.05) is 16.6 Å². The number of benzene rings is 1. The van der Waals surface area contributed by atoms with Gasteiger partial charge in [-0.3, -0.25) is 4.72 Å². The quantitative estimate of drug-likeness (QED) is 0.677. The minimum atomic E-state index is -3.80. The summed E-state index contributed by atoms with van der Waals surface area (Å²) in [6.45, 7) is 2.35. The van der Waals surface area contributed by atoms with E-state index in [4.69, 9.17) is 0 Å². The fourth-order valence-electron chi connectivity index (χ4n) is 3.04. The third-order valence-corrected chi connectivity index (χ3v) is 5.95. The van der Waals surface area contributed by atoms with E-state index in [1.807, 2.05) is 0 Å². The van der Waals surface area contributed by atoms with Gasteiger partial charge < -0.3 is 5.32 Å². The largest absolute Gasteiger partial charge is 0.383 e. The van der Waals surface area contributed by atoms with Crippen LogP contribution in [0.25, 0.3) is 0 Å². The molecule has 0 saturated carbocycles. The molecule has 5 nitrogen and oxygen atoms in total. The first-order chi connectivity index (χ1) is 12.9. The van der Waals surface area contributed by atoms with Gasteiger partial charge in [-0.1, -0.05) is 11.6 Å². The summed E-state index contributed by atoms with van der Waals surface area (Å²) in [5.74, 6) is -0.219. The molecule has 0 radical (unpaired) electrons. The monoisotopic (exact) mass is 389 g/mol. The van der Waals surface area contributed by atoms with Gasteiger partial charge in [0.1, 0.15) is 11.6 Å². The molecule has 0 amide bonds. The predicted molar refractivity (Wildman–Crippen MR) is 106 cm³/mol. The molecule has 0 aliphatic heterocycles. The summed E-state index contributed by atoms with van der Waals surface area (Å²) >= 11 is 0. The summed E-state index contributed by atoms with van der Waals surface area (Å²) in [5, 5.41) is 3.31. The summed E-state index contributed by atoms with van der Waals surface area (Å²) in [6, 6.07) is 7.08. The van der Waals surface area contributed by atoms with Gasteiger partial charge in [-0.25, -0.2) is 17.8 Å². The lowest BCUT2D eigenvalue weighted by atomic mass is 9.97. The Labute approximate surface area is 159 Å². The SMILES string of the molecule is Cc1cc(S(=O)(=O)Nc2ccc(NCCC3=CCCCC3)cn2)ccc1F. The van der Waals surface area contributed by atoms with Gasteiger partial charge in [-0.2, -0.15) is 0 Å². The number of hydrogen-bond acceptors (Lipinski definition) is 4. The molecule has 0 unspecified atom stereocenters. The van der Waals surface area contributed by atoms with Gasteiger partial charge in [0.15, 0.2) is 0 Å². The van der Waals surface area contributed by atoms with Gasteiger partial charge in [0.2, 0.25) is 0 Å². The Morgan fingerprint density at radius 2 is 2.04 bits per heavy atom. The van der Waals surface area contributed by atoms with Gasteiger partial charge in [0.25, 0.3) is 10.0 Å². The highest BCUT2D eigenvalue weighted by atomic mass is 32.2. The number of pyridine rings is 1. The summed E-state index contributed by atoms with van der Waals surface area (Å²) in [7, 11) is -3.80. The molecule has 2 aromatic rings. The number of sulfonamides is 1. The Bertz CT molecular complexity index is 925. The number of nitrogens with zero attached hydrogens (tertiary/aromatic N) is 1.